The molecule has 2 amide bonds. The highest BCUT2D eigenvalue weighted by molar-refractivity contribution is 5.93. The lowest BCUT2D eigenvalue weighted by Gasteiger charge is -2.37. The lowest BCUT2D eigenvalue weighted by atomic mass is 9.91. The Morgan fingerprint density at radius 3 is 2.52 bits per heavy atom. The highest BCUT2D eigenvalue weighted by atomic mass is 16.2. The summed E-state index contributed by atoms with van der Waals surface area (Å²) in [6.07, 6.45) is 2.98. The quantitative estimate of drug-likeness (QED) is 0.868. The number of nitrogens with zero attached hydrogens (tertiary/aromatic N) is 2. The Morgan fingerprint density at radius 2 is 1.76 bits per heavy atom. The number of rotatable bonds is 4. The lowest BCUT2D eigenvalue weighted by Crippen LogP contribution is -2.47. The average Bonchev–Trinajstić information content (AvgIpc) is 3.25. The Kier molecular flexibility index (Phi) is 5.67. The van der Waals surface area contributed by atoms with E-state index in [0.717, 1.165) is 49.2 Å². The molecule has 2 aromatic carbocycles. The van der Waals surface area contributed by atoms with Crippen LogP contribution in [-0.2, 0) is 16.0 Å². The lowest BCUT2D eigenvalue weighted by molar-refractivity contribution is -0.137. The van der Waals surface area contributed by atoms with Crippen LogP contribution in [-0.4, -0.2) is 47.8 Å². The highest BCUT2D eigenvalue weighted by Crippen LogP contribution is 2.32. The molecule has 2 heterocycles. The normalized spacial score (nSPS) is 19.1. The fourth-order valence-corrected chi connectivity index (χ4v) is 4.39. The first kappa shape index (κ1) is 19.6. The first-order valence-corrected chi connectivity index (χ1v) is 10.5. The summed E-state index contributed by atoms with van der Waals surface area (Å²) in [6, 6.07) is 13.7. The molecule has 29 heavy (non-hydrogen) atoms. The molecule has 0 aliphatic carbocycles. The van der Waals surface area contributed by atoms with E-state index < -0.39 is 0 Å². The third-order valence-electron chi connectivity index (χ3n) is 6.17. The van der Waals surface area contributed by atoms with Crippen molar-refractivity contribution in [2.75, 3.05) is 31.5 Å². The van der Waals surface area contributed by atoms with E-state index in [9.17, 15) is 9.59 Å². The SMILES string of the molecule is Cc1ccc(NC(=O)CN2CCc3ccccc3C2C(=O)N2CCCC2)cc1C. The summed E-state index contributed by atoms with van der Waals surface area (Å²) in [6.45, 7) is 6.66. The van der Waals surface area contributed by atoms with Crippen LogP contribution in [0.5, 0.6) is 0 Å². The summed E-state index contributed by atoms with van der Waals surface area (Å²) >= 11 is 0. The van der Waals surface area contributed by atoms with Gasteiger partial charge in [-0.1, -0.05) is 30.3 Å². The summed E-state index contributed by atoms with van der Waals surface area (Å²) in [4.78, 5) is 30.1. The maximum Gasteiger partial charge on any atom is 0.244 e. The molecule has 5 nitrogen and oxygen atoms in total. The van der Waals surface area contributed by atoms with Gasteiger partial charge in [-0.25, -0.2) is 0 Å². The van der Waals surface area contributed by atoms with Crippen molar-refractivity contribution in [1.29, 1.82) is 0 Å². The summed E-state index contributed by atoms with van der Waals surface area (Å²) in [5.41, 5.74) is 5.42. The molecule has 1 fully saturated rings. The molecule has 4 rings (SSSR count). The van der Waals surface area contributed by atoms with Crippen molar-refractivity contribution in [3.8, 4) is 0 Å². The zero-order valence-corrected chi connectivity index (χ0v) is 17.3. The van der Waals surface area contributed by atoms with E-state index in [0.29, 0.717) is 6.54 Å². The average molecular weight is 392 g/mol. The maximum absolute atomic E-state index is 13.3. The molecule has 152 valence electrons. The predicted molar refractivity (Wildman–Crippen MR) is 115 cm³/mol. The van der Waals surface area contributed by atoms with Crippen LogP contribution in [0.2, 0.25) is 0 Å². The monoisotopic (exact) mass is 391 g/mol. The molecule has 1 N–H and O–H groups in total. The van der Waals surface area contributed by atoms with Gasteiger partial charge in [-0.3, -0.25) is 14.5 Å². The molecule has 1 saturated heterocycles. The highest BCUT2D eigenvalue weighted by Gasteiger charge is 2.37. The first-order valence-electron chi connectivity index (χ1n) is 10.5. The largest absolute Gasteiger partial charge is 0.341 e. The van der Waals surface area contributed by atoms with E-state index >= 15 is 0 Å². The van der Waals surface area contributed by atoms with Crippen molar-refractivity contribution in [2.24, 2.45) is 0 Å². The van der Waals surface area contributed by atoms with E-state index in [4.69, 9.17) is 0 Å². The van der Waals surface area contributed by atoms with Gasteiger partial charge in [-0.05, 0) is 67.5 Å². The Hall–Kier alpha value is -2.66. The smallest absolute Gasteiger partial charge is 0.244 e. The van der Waals surface area contributed by atoms with Crippen molar-refractivity contribution in [1.82, 2.24) is 9.80 Å². The Balaban J connectivity index is 1.53. The number of benzene rings is 2. The van der Waals surface area contributed by atoms with Crippen molar-refractivity contribution < 1.29 is 9.59 Å². The van der Waals surface area contributed by atoms with Crippen molar-refractivity contribution in [2.45, 2.75) is 39.2 Å². The van der Waals surface area contributed by atoms with E-state index in [1.807, 2.05) is 53.1 Å². The van der Waals surface area contributed by atoms with Crippen LogP contribution < -0.4 is 5.32 Å². The van der Waals surface area contributed by atoms with E-state index in [1.54, 1.807) is 0 Å². The molecule has 1 atom stereocenters. The van der Waals surface area contributed by atoms with Gasteiger partial charge in [-0.2, -0.15) is 0 Å². The number of amides is 2. The number of anilines is 1. The van der Waals surface area contributed by atoms with Crippen LogP contribution in [0.4, 0.5) is 5.69 Å². The third-order valence-corrected chi connectivity index (χ3v) is 6.17. The zero-order valence-electron chi connectivity index (χ0n) is 17.3. The van der Waals surface area contributed by atoms with Gasteiger partial charge in [0.2, 0.25) is 11.8 Å². The number of carbonyl (C=O) groups is 2. The van der Waals surface area contributed by atoms with Crippen molar-refractivity contribution in [3.63, 3.8) is 0 Å². The molecule has 0 bridgehead atoms. The minimum absolute atomic E-state index is 0.0770. The van der Waals surface area contributed by atoms with E-state index in [2.05, 4.69) is 18.3 Å². The molecule has 0 radical (unpaired) electrons. The van der Waals surface area contributed by atoms with Gasteiger partial charge in [0.15, 0.2) is 0 Å². The number of aryl methyl sites for hydroxylation is 2. The predicted octanol–water partition coefficient (Wildman–Crippen LogP) is 3.46. The second-order valence-electron chi connectivity index (χ2n) is 8.20. The molecule has 2 aliphatic heterocycles. The van der Waals surface area contributed by atoms with Crippen LogP contribution in [0.1, 0.15) is 41.1 Å². The third kappa shape index (κ3) is 4.20. The number of hydrogen-bond donors (Lipinski definition) is 1. The van der Waals surface area contributed by atoms with Gasteiger partial charge < -0.3 is 10.2 Å². The zero-order chi connectivity index (χ0) is 20.4. The summed E-state index contributed by atoms with van der Waals surface area (Å²) in [5.74, 6) is 0.0560. The Bertz CT molecular complexity index is 918. The minimum Gasteiger partial charge on any atom is -0.341 e. The van der Waals surface area contributed by atoms with Gasteiger partial charge in [-0.15, -0.1) is 0 Å². The van der Waals surface area contributed by atoms with Gasteiger partial charge in [0.1, 0.15) is 6.04 Å². The van der Waals surface area contributed by atoms with Crippen LogP contribution in [0.15, 0.2) is 42.5 Å². The van der Waals surface area contributed by atoms with Gasteiger partial charge >= 0.3 is 0 Å². The van der Waals surface area contributed by atoms with Crippen molar-refractivity contribution >= 4 is 17.5 Å². The molecule has 2 aromatic rings. The number of likely N-dealkylation sites (tertiary alicyclic amines) is 1. The Morgan fingerprint density at radius 1 is 1.00 bits per heavy atom. The van der Waals surface area contributed by atoms with E-state index in [1.165, 1.54) is 11.1 Å². The molecular weight excluding hydrogens is 362 g/mol. The van der Waals surface area contributed by atoms with Crippen molar-refractivity contribution in [3.05, 3.63) is 64.7 Å². The molecule has 0 saturated carbocycles. The summed E-state index contributed by atoms with van der Waals surface area (Å²) in [7, 11) is 0. The topological polar surface area (TPSA) is 52.7 Å². The number of nitrogens with one attached hydrogen (secondary N) is 1. The molecule has 0 aromatic heterocycles. The van der Waals surface area contributed by atoms with Gasteiger partial charge in [0.25, 0.3) is 0 Å². The van der Waals surface area contributed by atoms with Gasteiger partial charge in [0, 0.05) is 25.3 Å². The first-order chi connectivity index (χ1) is 14.0. The number of hydrogen-bond acceptors (Lipinski definition) is 3. The molecule has 0 spiro atoms. The fourth-order valence-electron chi connectivity index (χ4n) is 4.39. The van der Waals surface area contributed by atoms with Gasteiger partial charge in [0.05, 0.1) is 6.54 Å². The van der Waals surface area contributed by atoms with E-state index in [-0.39, 0.29) is 24.4 Å². The fraction of sp³-hybridized carbons (Fsp3) is 0.417. The van der Waals surface area contributed by atoms with Crippen LogP contribution in [0.25, 0.3) is 0 Å². The van der Waals surface area contributed by atoms with Crippen LogP contribution in [0.3, 0.4) is 0 Å². The van der Waals surface area contributed by atoms with Crippen LogP contribution in [0, 0.1) is 13.8 Å². The Labute approximate surface area is 172 Å². The van der Waals surface area contributed by atoms with Crippen LogP contribution >= 0.6 is 0 Å². The summed E-state index contributed by atoms with van der Waals surface area (Å²) < 4.78 is 0. The maximum atomic E-state index is 13.3. The molecular formula is C24H29N3O2. The molecule has 2 aliphatic rings. The summed E-state index contributed by atoms with van der Waals surface area (Å²) in [5, 5.41) is 3.00. The second-order valence-corrected chi connectivity index (χ2v) is 8.20. The minimum atomic E-state index is -0.372. The second kappa shape index (κ2) is 8.37. The number of carbonyl (C=O) groups excluding carboxylic acids is 2. The molecule has 5 heteroatoms. The standard InChI is InChI=1S/C24H29N3O2/c1-17-9-10-20(15-18(17)2)25-22(28)16-27-14-11-19-7-3-4-8-21(19)23(27)24(29)26-12-5-6-13-26/h3-4,7-10,15,23H,5-6,11-14,16H2,1-2H3,(H,25,28). The molecule has 1 unspecified atom stereocenters. The number of fused-ring (bicyclic) bond motifs is 1.